The van der Waals surface area contributed by atoms with Crippen LogP contribution in [0, 0.1) is 0 Å². The van der Waals surface area contributed by atoms with Gasteiger partial charge in [-0.25, -0.2) is 0 Å². The number of rotatable bonds is 3. The lowest BCUT2D eigenvalue weighted by Crippen LogP contribution is -2.08. The van der Waals surface area contributed by atoms with Gasteiger partial charge in [-0.3, -0.25) is 0 Å². The van der Waals surface area contributed by atoms with Crippen LogP contribution in [0.15, 0.2) is 51.7 Å². The van der Waals surface area contributed by atoms with E-state index >= 15 is 0 Å². The van der Waals surface area contributed by atoms with Crippen molar-refractivity contribution in [3.05, 3.63) is 52.6 Å². The fraction of sp³-hybridized carbons (Fsp3) is 0.444. The molecule has 2 nitrogen and oxygen atoms in total. The third kappa shape index (κ3) is 3.66. The van der Waals surface area contributed by atoms with E-state index in [2.05, 4.69) is 75.2 Å². The lowest BCUT2D eigenvalue weighted by atomic mass is 9.98. The highest BCUT2D eigenvalue weighted by Gasteiger charge is 2.14. The largest absolute Gasteiger partial charge is 0.189 e. The monoisotopic (exact) mass is 268 g/mol. The molecule has 0 atom stereocenters. The topological polar surface area (TPSA) is 24.7 Å². The van der Waals surface area contributed by atoms with Crippen LogP contribution in [0.5, 0.6) is 0 Å². The molecule has 0 amide bonds. The van der Waals surface area contributed by atoms with E-state index in [4.69, 9.17) is 0 Å². The Morgan fingerprint density at radius 1 is 1.10 bits per heavy atom. The summed E-state index contributed by atoms with van der Waals surface area (Å²) in [7, 11) is 0. The fourth-order valence-electron chi connectivity index (χ4n) is 2.33. The maximum Gasteiger partial charge on any atom is 0.0855 e. The predicted octanol–water partition coefficient (Wildman–Crippen LogP) is 5.56. The Morgan fingerprint density at radius 3 is 2.40 bits per heavy atom. The van der Waals surface area contributed by atoms with Crippen LogP contribution in [0.4, 0.5) is 0 Å². The molecule has 20 heavy (non-hydrogen) atoms. The van der Waals surface area contributed by atoms with Gasteiger partial charge in [0.2, 0.25) is 0 Å². The van der Waals surface area contributed by atoms with Gasteiger partial charge in [0.25, 0.3) is 0 Å². The Kier molecular flexibility index (Phi) is 4.22. The average molecular weight is 268 g/mol. The van der Waals surface area contributed by atoms with Gasteiger partial charge in [0, 0.05) is 0 Å². The van der Waals surface area contributed by atoms with Crippen LogP contribution in [0.2, 0.25) is 0 Å². The van der Waals surface area contributed by atoms with Gasteiger partial charge < -0.3 is 0 Å². The molecule has 0 fully saturated rings. The Labute approximate surface area is 122 Å². The highest BCUT2D eigenvalue weighted by Crippen LogP contribution is 2.33. The zero-order valence-electron chi connectivity index (χ0n) is 13.2. The molecule has 0 heterocycles. The molecule has 0 spiro atoms. The van der Waals surface area contributed by atoms with Crippen molar-refractivity contribution in [1.29, 1.82) is 0 Å². The smallest absolute Gasteiger partial charge is 0.0855 e. The molecule has 0 N–H and O–H groups in total. The van der Waals surface area contributed by atoms with Crippen LogP contribution >= 0.6 is 0 Å². The van der Waals surface area contributed by atoms with Gasteiger partial charge in [0.1, 0.15) is 0 Å². The maximum absolute atomic E-state index is 4.37. The van der Waals surface area contributed by atoms with Crippen LogP contribution in [-0.4, -0.2) is 5.54 Å². The number of allylic oxidation sites excluding steroid dienone is 4. The van der Waals surface area contributed by atoms with Gasteiger partial charge in [0.15, 0.2) is 0 Å². The summed E-state index contributed by atoms with van der Waals surface area (Å²) >= 11 is 0. The van der Waals surface area contributed by atoms with Crippen molar-refractivity contribution in [2.45, 2.75) is 53.1 Å². The van der Waals surface area contributed by atoms with Crippen LogP contribution in [0.3, 0.4) is 0 Å². The minimum absolute atomic E-state index is 0.101. The quantitative estimate of drug-likeness (QED) is 0.641. The molecular weight excluding hydrogens is 244 g/mol. The Balaban J connectivity index is 2.20. The molecule has 1 aromatic rings. The van der Waals surface area contributed by atoms with Gasteiger partial charge in [-0.15, -0.1) is 0 Å². The van der Waals surface area contributed by atoms with Crippen molar-refractivity contribution in [2.24, 2.45) is 10.2 Å². The molecule has 2 rings (SSSR count). The van der Waals surface area contributed by atoms with Gasteiger partial charge in [-0.2, -0.15) is 10.2 Å². The van der Waals surface area contributed by atoms with E-state index in [1.54, 1.807) is 0 Å². The number of benzene rings is 1. The normalized spacial score (nSPS) is 16.1. The van der Waals surface area contributed by atoms with Crippen molar-refractivity contribution in [2.75, 3.05) is 0 Å². The second-order valence-corrected chi connectivity index (χ2v) is 6.54. The minimum atomic E-state index is -0.101. The van der Waals surface area contributed by atoms with E-state index < -0.39 is 0 Å². The zero-order chi connectivity index (χ0) is 14.8. The molecular formula is C18H24N2. The van der Waals surface area contributed by atoms with Crippen molar-refractivity contribution < 1.29 is 0 Å². The second kappa shape index (κ2) is 5.74. The predicted molar refractivity (Wildman–Crippen MR) is 85.7 cm³/mol. The maximum atomic E-state index is 4.37. The van der Waals surface area contributed by atoms with E-state index in [0.717, 1.165) is 6.42 Å². The molecule has 0 saturated carbocycles. The summed E-state index contributed by atoms with van der Waals surface area (Å²) in [5.74, 6) is 0. The highest BCUT2D eigenvalue weighted by molar-refractivity contribution is 5.75. The molecule has 0 bridgehead atoms. The first-order valence-electron chi connectivity index (χ1n) is 7.21. The molecule has 106 valence electrons. The van der Waals surface area contributed by atoms with Crippen molar-refractivity contribution >= 4 is 5.57 Å². The van der Waals surface area contributed by atoms with Crippen LogP contribution in [-0.2, 0) is 6.54 Å². The van der Waals surface area contributed by atoms with Gasteiger partial charge >= 0.3 is 0 Å². The zero-order valence-corrected chi connectivity index (χ0v) is 13.2. The van der Waals surface area contributed by atoms with Gasteiger partial charge in [0.05, 0.1) is 12.1 Å². The summed E-state index contributed by atoms with van der Waals surface area (Å²) in [4.78, 5) is 0. The lowest BCUT2D eigenvalue weighted by Gasteiger charge is -2.11. The molecule has 0 aromatic heterocycles. The van der Waals surface area contributed by atoms with E-state index in [9.17, 15) is 0 Å². The van der Waals surface area contributed by atoms with Crippen molar-refractivity contribution in [3.63, 3.8) is 0 Å². The fourth-order valence-corrected chi connectivity index (χ4v) is 2.33. The highest BCUT2D eigenvalue weighted by atomic mass is 15.1. The number of hydrogen-bond acceptors (Lipinski definition) is 2. The number of azo groups is 1. The first-order valence-corrected chi connectivity index (χ1v) is 7.21. The van der Waals surface area contributed by atoms with Gasteiger partial charge in [-0.1, -0.05) is 41.5 Å². The number of hydrogen-bond donors (Lipinski definition) is 0. The first-order chi connectivity index (χ1) is 9.37. The molecule has 0 radical (unpaired) electrons. The molecule has 0 saturated heterocycles. The molecule has 1 aliphatic rings. The number of nitrogens with zero attached hydrogens (tertiary/aromatic N) is 2. The summed E-state index contributed by atoms with van der Waals surface area (Å²) in [6.45, 7) is 11.3. The van der Waals surface area contributed by atoms with E-state index in [1.807, 2.05) is 0 Å². The molecule has 1 aliphatic carbocycles. The average Bonchev–Trinajstić information content (AvgIpc) is 2.68. The van der Waals surface area contributed by atoms with E-state index in [1.165, 1.54) is 27.8 Å². The van der Waals surface area contributed by atoms with Crippen molar-refractivity contribution in [3.8, 4) is 0 Å². The van der Waals surface area contributed by atoms with Crippen LogP contribution in [0.1, 0.15) is 52.2 Å². The Hall–Kier alpha value is -1.70. The van der Waals surface area contributed by atoms with E-state index in [0.29, 0.717) is 6.54 Å². The second-order valence-electron chi connectivity index (χ2n) is 6.54. The summed E-state index contributed by atoms with van der Waals surface area (Å²) in [6, 6.07) is 8.53. The summed E-state index contributed by atoms with van der Waals surface area (Å²) in [5.41, 5.74) is 6.74. The molecule has 1 aromatic carbocycles. The molecule has 0 unspecified atom stereocenters. The summed E-state index contributed by atoms with van der Waals surface area (Å²) in [6.07, 6.45) is 3.36. The summed E-state index contributed by atoms with van der Waals surface area (Å²) < 4.78 is 0. The molecule has 2 heteroatoms. The van der Waals surface area contributed by atoms with E-state index in [-0.39, 0.29) is 5.54 Å². The van der Waals surface area contributed by atoms with Crippen LogP contribution < -0.4 is 0 Å². The third-order valence-electron chi connectivity index (χ3n) is 3.49. The third-order valence-corrected chi connectivity index (χ3v) is 3.49. The first kappa shape index (κ1) is 14.7. The lowest BCUT2D eigenvalue weighted by molar-refractivity contribution is 0.537. The Morgan fingerprint density at radius 2 is 1.80 bits per heavy atom. The van der Waals surface area contributed by atoms with Crippen LogP contribution in [0.25, 0.3) is 5.57 Å². The summed E-state index contributed by atoms with van der Waals surface area (Å²) in [5, 5.41) is 8.71. The molecule has 0 aliphatic heterocycles. The van der Waals surface area contributed by atoms with Gasteiger partial charge in [-0.05, 0) is 57.7 Å². The standard InChI is InChI=1S/C18H24N2/c1-13-10-16(11-14(13)2)17-9-7-6-8-15(17)12-19-20-18(3,4)5/h6-10H,11-12H2,1-5H3. The van der Waals surface area contributed by atoms with Crippen molar-refractivity contribution in [1.82, 2.24) is 0 Å². The Bertz CT molecular complexity index is 584. The minimum Gasteiger partial charge on any atom is -0.189 e. The SMILES string of the molecule is CC1=C(C)CC(c2ccccc2CN=NC(C)(C)C)=C1.